The second-order valence-corrected chi connectivity index (χ2v) is 7.01. The Morgan fingerprint density at radius 3 is 2.50 bits per heavy atom. The van der Waals surface area contributed by atoms with Gasteiger partial charge in [-0.05, 0) is 19.1 Å². The predicted molar refractivity (Wildman–Crippen MR) is 103 cm³/mol. The first kappa shape index (κ1) is 18.5. The van der Waals surface area contributed by atoms with Gasteiger partial charge in [0.15, 0.2) is 17.5 Å². The molecule has 0 bridgehead atoms. The highest BCUT2D eigenvalue weighted by Crippen LogP contribution is 2.30. The molecule has 6 nitrogen and oxygen atoms in total. The number of benzene rings is 1. The number of nitrogens with zero attached hydrogens (tertiary/aromatic N) is 6. The number of piperazine rings is 1. The third-order valence-corrected chi connectivity index (χ3v) is 5.07. The summed E-state index contributed by atoms with van der Waals surface area (Å²) in [5.74, 6) is -1.19. The normalized spacial score (nSPS) is 15.2. The Morgan fingerprint density at radius 1 is 1.04 bits per heavy atom. The lowest BCUT2D eigenvalue weighted by Gasteiger charge is -2.35. The largest absolute Gasteiger partial charge is 0.352 e. The van der Waals surface area contributed by atoms with Crippen molar-refractivity contribution < 1.29 is 8.78 Å². The number of aromatic nitrogens is 4. The van der Waals surface area contributed by atoms with Crippen LogP contribution in [-0.2, 0) is 13.6 Å². The predicted octanol–water partition coefficient (Wildman–Crippen LogP) is 2.79. The van der Waals surface area contributed by atoms with Crippen molar-refractivity contribution in [3.63, 3.8) is 0 Å². The second-order valence-electron chi connectivity index (χ2n) is 7.01. The van der Waals surface area contributed by atoms with Crippen molar-refractivity contribution in [2.45, 2.75) is 13.5 Å². The first-order valence-corrected chi connectivity index (χ1v) is 9.24. The van der Waals surface area contributed by atoms with E-state index < -0.39 is 11.6 Å². The zero-order valence-corrected chi connectivity index (χ0v) is 15.9. The summed E-state index contributed by atoms with van der Waals surface area (Å²) >= 11 is 0. The Hall–Kier alpha value is -2.87. The Kier molecular flexibility index (Phi) is 5.04. The first-order chi connectivity index (χ1) is 13.5. The fourth-order valence-corrected chi connectivity index (χ4v) is 3.60. The van der Waals surface area contributed by atoms with E-state index >= 15 is 0 Å². The molecular formula is C20H22F2N6. The Morgan fingerprint density at radius 2 is 1.79 bits per heavy atom. The van der Waals surface area contributed by atoms with Crippen LogP contribution < -0.4 is 4.90 Å². The Balaban J connectivity index is 1.51. The fourth-order valence-electron chi connectivity index (χ4n) is 3.60. The van der Waals surface area contributed by atoms with E-state index in [9.17, 15) is 8.78 Å². The number of hydrogen-bond donors (Lipinski definition) is 0. The van der Waals surface area contributed by atoms with Gasteiger partial charge in [-0.3, -0.25) is 14.6 Å². The van der Waals surface area contributed by atoms with E-state index in [1.54, 1.807) is 6.20 Å². The maximum absolute atomic E-state index is 14.3. The summed E-state index contributed by atoms with van der Waals surface area (Å²) in [4.78, 5) is 13.2. The van der Waals surface area contributed by atoms with Crippen LogP contribution in [-0.4, -0.2) is 50.8 Å². The van der Waals surface area contributed by atoms with Gasteiger partial charge in [0.1, 0.15) is 5.69 Å². The maximum Gasteiger partial charge on any atom is 0.168 e. The molecule has 0 aliphatic carbocycles. The summed E-state index contributed by atoms with van der Waals surface area (Å²) in [6, 6.07) is 4.13. The molecule has 3 aromatic rings. The van der Waals surface area contributed by atoms with E-state index in [1.807, 2.05) is 18.7 Å². The fraction of sp³-hybridized carbons (Fsp3) is 0.350. The van der Waals surface area contributed by atoms with Crippen LogP contribution in [0.1, 0.15) is 11.3 Å². The van der Waals surface area contributed by atoms with E-state index in [2.05, 4.69) is 31.1 Å². The zero-order valence-electron chi connectivity index (χ0n) is 15.9. The molecule has 3 heterocycles. The molecule has 4 rings (SSSR count). The first-order valence-electron chi connectivity index (χ1n) is 9.24. The zero-order chi connectivity index (χ0) is 19.7. The van der Waals surface area contributed by atoms with Gasteiger partial charge in [-0.2, -0.15) is 5.10 Å². The summed E-state index contributed by atoms with van der Waals surface area (Å²) in [5.41, 5.74) is 2.77. The molecule has 1 aromatic carbocycles. The molecule has 0 unspecified atom stereocenters. The molecule has 0 radical (unpaired) electrons. The number of anilines is 1. The Labute approximate surface area is 162 Å². The van der Waals surface area contributed by atoms with Crippen molar-refractivity contribution in [3.05, 3.63) is 59.7 Å². The SMILES string of the molecule is Cc1nn(C)cc1CN1CCN(c2nccnc2-c2cccc(F)c2F)CC1. The molecule has 0 saturated carbocycles. The third kappa shape index (κ3) is 3.60. The smallest absolute Gasteiger partial charge is 0.168 e. The highest BCUT2D eigenvalue weighted by Gasteiger charge is 2.24. The average molecular weight is 384 g/mol. The van der Waals surface area contributed by atoms with Gasteiger partial charge in [0.25, 0.3) is 0 Å². The van der Waals surface area contributed by atoms with E-state index in [0.717, 1.165) is 44.5 Å². The third-order valence-electron chi connectivity index (χ3n) is 5.07. The van der Waals surface area contributed by atoms with Crippen molar-refractivity contribution in [3.8, 4) is 11.3 Å². The van der Waals surface area contributed by atoms with E-state index in [0.29, 0.717) is 11.5 Å². The highest BCUT2D eigenvalue weighted by molar-refractivity contribution is 5.72. The van der Waals surface area contributed by atoms with Crippen LogP contribution in [0.15, 0.2) is 36.8 Å². The molecule has 0 atom stereocenters. The number of hydrogen-bond acceptors (Lipinski definition) is 5. The topological polar surface area (TPSA) is 50.1 Å². The molecule has 2 aromatic heterocycles. The number of rotatable bonds is 4. The van der Waals surface area contributed by atoms with Gasteiger partial charge in [-0.25, -0.2) is 13.8 Å². The minimum absolute atomic E-state index is 0.136. The summed E-state index contributed by atoms with van der Waals surface area (Å²) in [7, 11) is 1.93. The maximum atomic E-state index is 14.3. The van der Waals surface area contributed by atoms with Crippen LogP contribution in [0.4, 0.5) is 14.6 Å². The lowest BCUT2D eigenvalue weighted by atomic mass is 10.1. The van der Waals surface area contributed by atoms with Crippen LogP contribution >= 0.6 is 0 Å². The van der Waals surface area contributed by atoms with Crippen molar-refractivity contribution >= 4 is 5.82 Å². The van der Waals surface area contributed by atoms with Gasteiger partial charge in [0.2, 0.25) is 0 Å². The lowest BCUT2D eigenvalue weighted by Crippen LogP contribution is -2.46. The Bertz CT molecular complexity index is 979. The summed E-state index contributed by atoms with van der Waals surface area (Å²) in [6.07, 6.45) is 5.14. The number of halogens is 2. The van der Waals surface area contributed by atoms with Gasteiger partial charge in [-0.1, -0.05) is 6.07 Å². The second kappa shape index (κ2) is 7.63. The van der Waals surface area contributed by atoms with Gasteiger partial charge < -0.3 is 4.90 Å². The summed E-state index contributed by atoms with van der Waals surface area (Å²) in [6.45, 7) is 6.03. The molecule has 1 saturated heterocycles. The van der Waals surface area contributed by atoms with Crippen LogP contribution in [0.25, 0.3) is 11.3 Å². The molecule has 28 heavy (non-hydrogen) atoms. The van der Waals surface area contributed by atoms with Gasteiger partial charge >= 0.3 is 0 Å². The molecule has 0 spiro atoms. The molecule has 1 aliphatic heterocycles. The molecule has 8 heteroatoms. The van der Waals surface area contributed by atoms with Crippen LogP contribution in [0.3, 0.4) is 0 Å². The lowest BCUT2D eigenvalue weighted by molar-refractivity contribution is 0.249. The summed E-state index contributed by atoms with van der Waals surface area (Å²) < 4.78 is 29.8. The quantitative estimate of drug-likeness (QED) is 0.692. The van der Waals surface area contributed by atoms with Gasteiger partial charge in [-0.15, -0.1) is 0 Å². The van der Waals surface area contributed by atoms with Crippen LogP contribution in [0, 0.1) is 18.6 Å². The molecular weight excluding hydrogens is 362 g/mol. The minimum Gasteiger partial charge on any atom is -0.352 e. The average Bonchev–Trinajstić information content (AvgIpc) is 3.01. The standard InChI is InChI=1S/C20H22F2N6/c1-14-15(12-26(2)25-14)13-27-8-10-28(11-9-27)20-19(23-6-7-24-20)16-4-3-5-17(21)18(16)22/h3-7,12H,8-11,13H2,1-2H3. The molecule has 1 fully saturated rings. The monoisotopic (exact) mass is 384 g/mol. The molecule has 1 aliphatic rings. The molecule has 0 amide bonds. The van der Waals surface area contributed by atoms with E-state index in [4.69, 9.17) is 0 Å². The highest BCUT2D eigenvalue weighted by atomic mass is 19.2. The van der Waals surface area contributed by atoms with Crippen molar-refractivity contribution in [2.24, 2.45) is 7.05 Å². The molecule has 0 N–H and O–H groups in total. The van der Waals surface area contributed by atoms with Crippen molar-refractivity contribution in [1.29, 1.82) is 0 Å². The van der Waals surface area contributed by atoms with E-state index in [-0.39, 0.29) is 5.56 Å². The summed E-state index contributed by atoms with van der Waals surface area (Å²) in [5, 5.41) is 4.39. The van der Waals surface area contributed by atoms with Gasteiger partial charge in [0.05, 0.1) is 5.69 Å². The van der Waals surface area contributed by atoms with Crippen molar-refractivity contribution in [1.82, 2.24) is 24.6 Å². The molecule has 146 valence electrons. The van der Waals surface area contributed by atoms with Gasteiger partial charge in [0, 0.05) is 69.5 Å². The number of aryl methyl sites for hydroxylation is 2. The van der Waals surface area contributed by atoms with Crippen molar-refractivity contribution in [2.75, 3.05) is 31.1 Å². The minimum atomic E-state index is -0.894. The van der Waals surface area contributed by atoms with Crippen LogP contribution in [0.2, 0.25) is 0 Å². The van der Waals surface area contributed by atoms with Crippen LogP contribution in [0.5, 0.6) is 0 Å². The van der Waals surface area contributed by atoms with E-state index in [1.165, 1.54) is 23.9 Å².